The van der Waals surface area contributed by atoms with E-state index in [1.165, 1.54) is 9.80 Å². The molecule has 150 valence electrons. The zero-order chi connectivity index (χ0) is 21.0. The Kier molecular flexibility index (Phi) is 6.12. The molecule has 0 aliphatic heterocycles. The molecule has 3 aromatic rings. The summed E-state index contributed by atoms with van der Waals surface area (Å²) in [5.41, 5.74) is 4.21. The van der Waals surface area contributed by atoms with Crippen LogP contribution in [0.25, 0.3) is 11.3 Å². The lowest BCUT2D eigenvalue weighted by molar-refractivity contribution is -0.129. The summed E-state index contributed by atoms with van der Waals surface area (Å²) >= 11 is 0. The average molecular weight is 390 g/mol. The highest BCUT2D eigenvalue weighted by molar-refractivity contribution is 6.01. The molecule has 2 aromatic carbocycles. The Balaban J connectivity index is 1.95. The number of hydrogen-bond acceptors (Lipinski definition) is 3. The van der Waals surface area contributed by atoms with Crippen molar-refractivity contribution in [2.75, 3.05) is 27.7 Å². The number of carbonyl (C=O) groups excluding carboxylic acids is 2. The van der Waals surface area contributed by atoms with Crippen LogP contribution >= 0.6 is 0 Å². The van der Waals surface area contributed by atoms with E-state index in [4.69, 9.17) is 5.10 Å². The summed E-state index contributed by atoms with van der Waals surface area (Å²) < 4.78 is 1.78. The van der Waals surface area contributed by atoms with Crippen LogP contribution < -0.4 is 0 Å². The van der Waals surface area contributed by atoms with Gasteiger partial charge < -0.3 is 9.80 Å². The van der Waals surface area contributed by atoms with Crippen molar-refractivity contribution in [3.05, 3.63) is 77.5 Å². The number of aryl methyl sites for hydroxylation is 1. The van der Waals surface area contributed by atoms with Gasteiger partial charge in [0.25, 0.3) is 5.91 Å². The Morgan fingerprint density at radius 3 is 2.24 bits per heavy atom. The second kappa shape index (κ2) is 8.73. The molecule has 0 spiro atoms. The molecular formula is C23H26N4O2. The highest BCUT2D eigenvalue weighted by Gasteiger charge is 2.23. The molecule has 1 heterocycles. The lowest BCUT2D eigenvalue weighted by Crippen LogP contribution is -2.37. The summed E-state index contributed by atoms with van der Waals surface area (Å²) in [5.74, 6) is -0.357. The Bertz CT molecular complexity index is 991. The number of rotatable bonds is 6. The van der Waals surface area contributed by atoms with Gasteiger partial charge in [-0.2, -0.15) is 5.10 Å². The number of nitrogens with zero attached hydrogens (tertiary/aromatic N) is 4. The fourth-order valence-corrected chi connectivity index (χ4v) is 2.98. The van der Waals surface area contributed by atoms with Crippen molar-refractivity contribution in [1.82, 2.24) is 19.6 Å². The maximum Gasteiger partial charge on any atom is 0.257 e. The fraction of sp³-hybridized carbons (Fsp3) is 0.261. The van der Waals surface area contributed by atoms with Crippen molar-refractivity contribution in [2.45, 2.75) is 13.5 Å². The summed E-state index contributed by atoms with van der Waals surface area (Å²) in [4.78, 5) is 28.1. The second-order valence-electron chi connectivity index (χ2n) is 7.39. The minimum absolute atomic E-state index is 0.0169. The first-order valence-corrected chi connectivity index (χ1v) is 9.49. The zero-order valence-electron chi connectivity index (χ0n) is 17.3. The van der Waals surface area contributed by atoms with Crippen LogP contribution in [0.4, 0.5) is 0 Å². The number of aromatic nitrogens is 2. The van der Waals surface area contributed by atoms with Crippen molar-refractivity contribution in [1.29, 1.82) is 0 Å². The molecule has 6 heteroatoms. The van der Waals surface area contributed by atoms with Crippen LogP contribution in [0, 0.1) is 6.92 Å². The van der Waals surface area contributed by atoms with Crippen molar-refractivity contribution in [2.24, 2.45) is 0 Å². The number of benzene rings is 2. The molecule has 0 bridgehead atoms. The number of carbonyl (C=O) groups is 2. The molecule has 3 rings (SSSR count). The lowest BCUT2D eigenvalue weighted by Gasteiger charge is -2.19. The monoisotopic (exact) mass is 390 g/mol. The van der Waals surface area contributed by atoms with Crippen LogP contribution in [-0.2, 0) is 11.3 Å². The molecule has 0 saturated carbocycles. The van der Waals surface area contributed by atoms with Gasteiger partial charge in [-0.1, -0.05) is 60.2 Å². The molecule has 1 aromatic heterocycles. The highest BCUT2D eigenvalue weighted by atomic mass is 16.2. The molecule has 0 saturated heterocycles. The molecule has 0 fully saturated rings. The van der Waals surface area contributed by atoms with E-state index in [2.05, 4.69) is 0 Å². The van der Waals surface area contributed by atoms with Crippen LogP contribution in [0.1, 0.15) is 21.5 Å². The maximum atomic E-state index is 13.1. The van der Waals surface area contributed by atoms with Gasteiger partial charge in [0.15, 0.2) is 0 Å². The van der Waals surface area contributed by atoms with Gasteiger partial charge in [-0.15, -0.1) is 0 Å². The van der Waals surface area contributed by atoms with E-state index < -0.39 is 0 Å². The van der Waals surface area contributed by atoms with E-state index in [0.29, 0.717) is 17.8 Å². The van der Waals surface area contributed by atoms with Crippen LogP contribution in [0.2, 0.25) is 0 Å². The van der Waals surface area contributed by atoms with Gasteiger partial charge in [0.1, 0.15) is 5.69 Å². The zero-order valence-corrected chi connectivity index (χ0v) is 17.3. The first-order chi connectivity index (χ1) is 13.8. The van der Waals surface area contributed by atoms with Crippen LogP contribution in [-0.4, -0.2) is 59.1 Å². The second-order valence-corrected chi connectivity index (χ2v) is 7.39. The Morgan fingerprint density at radius 2 is 1.62 bits per heavy atom. The minimum atomic E-state index is -0.227. The molecule has 2 amide bonds. The van der Waals surface area contributed by atoms with Gasteiger partial charge in [0.2, 0.25) is 5.91 Å². The van der Waals surface area contributed by atoms with Crippen LogP contribution in [0.3, 0.4) is 0 Å². The third kappa shape index (κ3) is 4.90. The summed E-state index contributed by atoms with van der Waals surface area (Å²) in [7, 11) is 4.99. The molecule has 6 nitrogen and oxygen atoms in total. The Morgan fingerprint density at radius 1 is 0.966 bits per heavy atom. The summed E-state index contributed by atoms with van der Waals surface area (Å²) in [6.45, 7) is 2.60. The largest absolute Gasteiger partial charge is 0.347 e. The van der Waals surface area contributed by atoms with Gasteiger partial charge in [0.05, 0.1) is 18.7 Å². The lowest BCUT2D eigenvalue weighted by atomic mass is 10.1. The van der Waals surface area contributed by atoms with Gasteiger partial charge >= 0.3 is 0 Å². The molecular weight excluding hydrogens is 364 g/mol. The Hall–Kier alpha value is -3.41. The number of hydrogen-bond donors (Lipinski definition) is 0. The van der Waals surface area contributed by atoms with Crippen molar-refractivity contribution >= 4 is 11.8 Å². The van der Waals surface area contributed by atoms with E-state index in [-0.39, 0.29) is 18.4 Å². The number of amides is 2. The summed E-state index contributed by atoms with van der Waals surface area (Å²) in [5, 5.41) is 4.70. The fourth-order valence-electron chi connectivity index (χ4n) is 2.98. The first kappa shape index (κ1) is 20.3. The van der Waals surface area contributed by atoms with E-state index in [0.717, 1.165) is 16.7 Å². The predicted molar refractivity (Wildman–Crippen MR) is 114 cm³/mol. The Labute approximate surface area is 171 Å². The molecule has 29 heavy (non-hydrogen) atoms. The third-order valence-electron chi connectivity index (χ3n) is 4.72. The average Bonchev–Trinajstić information content (AvgIpc) is 3.12. The van der Waals surface area contributed by atoms with E-state index in [1.807, 2.05) is 61.5 Å². The molecule has 0 aliphatic rings. The van der Waals surface area contributed by atoms with Crippen molar-refractivity contribution in [3.8, 4) is 11.3 Å². The quantitative estimate of drug-likeness (QED) is 0.650. The smallest absolute Gasteiger partial charge is 0.257 e. The third-order valence-corrected chi connectivity index (χ3v) is 4.72. The van der Waals surface area contributed by atoms with E-state index in [1.54, 1.807) is 32.0 Å². The molecule has 0 radical (unpaired) electrons. The van der Waals surface area contributed by atoms with Gasteiger partial charge in [-0.05, 0) is 12.5 Å². The summed E-state index contributed by atoms with van der Waals surface area (Å²) in [6, 6.07) is 17.9. The maximum absolute atomic E-state index is 13.1. The van der Waals surface area contributed by atoms with E-state index in [9.17, 15) is 9.59 Å². The standard InChI is InChI=1S/C23H26N4O2/c1-17-10-12-19(13-11-17)22-20(23(29)26(4)16-21(28)25(2)3)15-27(24-22)14-18-8-6-5-7-9-18/h5-13,15H,14,16H2,1-4H3. The summed E-state index contributed by atoms with van der Waals surface area (Å²) in [6.07, 6.45) is 1.77. The number of likely N-dealkylation sites (N-methyl/N-ethyl adjacent to an activating group) is 2. The highest BCUT2D eigenvalue weighted by Crippen LogP contribution is 2.24. The molecule has 0 atom stereocenters. The van der Waals surface area contributed by atoms with Crippen molar-refractivity contribution < 1.29 is 9.59 Å². The van der Waals surface area contributed by atoms with E-state index >= 15 is 0 Å². The first-order valence-electron chi connectivity index (χ1n) is 9.49. The minimum Gasteiger partial charge on any atom is -0.347 e. The van der Waals surface area contributed by atoms with Crippen LogP contribution in [0.5, 0.6) is 0 Å². The molecule has 0 unspecified atom stereocenters. The SMILES string of the molecule is Cc1ccc(-c2nn(Cc3ccccc3)cc2C(=O)N(C)CC(=O)N(C)C)cc1. The molecule has 0 N–H and O–H groups in total. The van der Waals surface area contributed by atoms with Crippen molar-refractivity contribution in [3.63, 3.8) is 0 Å². The van der Waals surface area contributed by atoms with Crippen LogP contribution in [0.15, 0.2) is 60.8 Å². The topological polar surface area (TPSA) is 58.4 Å². The predicted octanol–water partition coefficient (Wildman–Crippen LogP) is 3.07. The normalized spacial score (nSPS) is 10.6. The van der Waals surface area contributed by atoms with Gasteiger partial charge in [-0.3, -0.25) is 14.3 Å². The van der Waals surface area contributed by atoms with Gasteiger partial charge in [-0.25, -0.2) is 0 Å². The van der Waals surface area contributed by atoms with Gasteiger partial charge in [0, 0.05) is 32.9 Å². The molecule has 0 aliphatic carbocycles.